The molecule has 0 atom stereocenters. The maximum absolute atomic E-state index is 13.7. The van der Waals surface area contributed by atoms with E-state index in [-0.39, 0.29) is 11.4 Å². The molecule has 0 amide bonds. The van der Waals surface area contributed by atoms with Crippen LogP contribution in [-0.4, -0.2) is 28.4 Å². The minimum Gasteiger partial charge on any atom is -0.383 e. The maximum atomic E-state index is 13.7. The summed E-state index contributed by atoms with van der Waals surface area (Å²) in [5.41, 5.74) is 0.458. The molecule has 0 radical (unpaired) electrons. The third kappa shape index (κ3) is 3.29. The van der Waals surface area contributed by atoms with Gasteiger partial charge in [0.1, 0.15) is 0 Å². The van der Waals surface area contributed by atoms with Gasteiger partial charge in [0.15, 0.2) is 5.82 Å². The molecule has 0 spiro atoms. The molecule has 1 N–H and O–H groups in total. The topological polar surface area (TPSA) is 82.2 Å². The largest absolute Gasteiger partial charge is 0.383 e. The second-order valence-corrected chi connectivity index (χ2v) is 4.03. The van der Waals surface area contributed by atoms with Gasteiger partial charge in [-0.3, -0.25) is 14.8 Å². The molecule has 0 saturated carbocycles. The Morgan fingerprint density at radius 3 is 3.00 bits per heavy atom. The van der Waals surface area contributed by atoms with Crippen molar-refractivity contribution in [2.45, 2.75) is 6.54 Å². The van der Waals surface area contributed by atoms with Crippen LogP contribution in [0.25, 0.3) is 0 Å². The number of nitrogens with zero attached hydrogens (tertiary/aromatic N) is 3. The summed E-state index contributed by atoms with van der Waals surface area (Å²) < 4.78 is 20.3. The number of nitrogens with one attached hydrogen (secondary N) is 1. The molecular weight excluding hydrogens is 267 g/mol. The number of methoxy groups -OCH3 is 1. The molecule has 0 aliphatic heterocycles. The number of hydrogen-bond donors (Lipinski definition) is 1. The van der Waals surface area contributed by atoms with E-state index in [9.17, 15) is 14.5 Å². The number of halogens is 1. The average molecular weight is 280 g/mol. The van der Waals surface area contributed by atoms with Gasteiger partial charge < -0.3 is 10.1 Å². The molecule has 0 aliphatic carbocycles. The van der Waals surface area contributed by atoms with Gasteiger partial charge in [0, 0.05) is 19.4 Å². The molecule has 20 heavy (non-hydrogen) atoms. The molecule has 0 fully saturated rings. The number of non-ortho nitro benzene ring substituents is 1. The zero-order valence-corrected chi connectivity index (χ0v) is 10.7. The normalized spacial score (nSPS) is 10.5. The lowest BCUT2D eigenvalue weighted by Gasteiger charge is -2.04. The zero-order chi connectivity index (χ0) is 14.5. The summed E-state index contributed by atoms with van der Waals surface area (Å²) in [5.74, 6) is -0.691. The van der Waals surface area contributed by atoms with Crippen LogP contribution in [0.5, 0.6) is 0 Å². The van der Waals surface area contributed by atoms with Crippen molar-refractivity contribution in [1.82, 2.24) is 9.78 Å². The fraction of sp³-hybridized carbons (Fsp3) is 0.250. The van der Waals surface area contributed by atoms with Crippen molar-refractivity contribution >= 4 is 17.1 Å². The van der Waals surface area contributed by atoms with E-state index in [1.165, 1.54) is 18.3 Å². The van der Waals surface area contributed by atoms with E-state index in [2.05, 4.69) is 10.4 Å². The fourth-order valence-electron chi connectivity index (χ4n) is 1.61. The van der Waals surface area contributed by atoms with E-state index in [0.717, 1.165) is 6.07 Å². The van der Waals surface area contributed by atoms with Crippen LogP contribution in [0.15, 0.2) is 30.6 Å². The van der Waals surface area contributed by atoms with Gasteiger partial charge in [-0.05, 0) is 6.07 Å². The van der Waals surface area contributed by atoms with Gasteiger partial charge in [-0.15, -0.1) is 0 Å². The van der Waals surface area contributed by atoms with Crippen LogP contribution >= 0.6 is 0 Å². The molecule has 0 saturated heterocycles. The summed E-state index contributed by atoms with van der Waals surface area (Å²) in [6.07, 6.45) is 3.23. The average Bonchev–Trinajstić information content (AvgIpc) is 2.86. The minimum atomic E-state index is -0.691. The molecule has 0 unspecified atom stereocenters. The van der Waals surface area contributed by atoms with Gasteiger partial charge in [0.25, 0.3) is 5.69 Å². The first-order valence-corrected chi connectivity index (χ1v) is 5.82. The summed E-state index contributed by atoms with van der Waals surface area (Å²) >= 11 is 0. The van der Waals surface area contributed by atoms with E-state index in [4.69, 9.17) is 4.74 Å². The number of hydrogen-bond acceptors (Lipinski definition) is 5. The summed E-state index contributed by atoms with van der Waals surface area (Å²) in [6, 6.07) is 3.43. The van der Waals surface area contributed by atoms with Gasteiger partial charge in [0.05, 0.1) is 41.7 Å². The Morgan fingerprint density at radius 1 is 1.55 bits per heavy atom. The van der Waals surface area contributed by atoms with Crippen molar-refractivity contribution in [2.24, 2.45) is 0 Å². The highest BCUT2D eigenvalue weighted by Gasteiger charge is 2.11. The van der Waals surface area contributed by atoms with Gasteiger partial charge in [0.2, 0.25) is 0 Å². The first-order chi connectivity index (χ1) is 9.60. The van der Waals surface area contributed by atoms with Crippen LogP contribution in [0.2, 0.25) is 0 Å². The van der Waals surface area contributed by atoms with Crippen molar-refractivity contribution in [3.63, 3.8) is 0 Å². The Balaban J connectivity index is 2.09. The third-order valence-electron chi connectivity index (χ3n) is 2.60. The van der Waals surface area contributed by atoms with Crippen LogP contribution < -0.4 is 5.32 Å². The van der Waals surface area contributed by atoms with Crippen LogP contribution in [0, 0.1) is 15.9 Å². The Hall–Kier alpha value is -2.48. The summed E-state index contributed by atoms with van der Waals surface area (Å²) in [4.78, 5) is 9.88. The number of aromatic nitrogens is 2. The first-order valence-electron chi connectivity index (χ1n) is 5.82. The lowest BCUT2D eigenvalue weighted by atomic mass is 10.2. The van der Waals surface area contributed by atoms with E-state index < -0.39 is 10.7 Å². The van der Waals surface area contributed by atoms with Crippen molar-refractivity contribution in [1.29, 1.82) is 0 Å². The molecule has 0 aliphatic rings. The molecule has 0 bridgehead atoms. The van der Waals surface area contributed by atoms with Crippen LogP contribution in [0.4, 0.5) is 21.5 Å². The number of ether oxygens (including phenoxy) is 1. The zero-order valence-electron chi connectivity index (χ0n) is 10.7. The number of nitro groups is 1. The van der Waals surface area contributed by atoms with Gasteiger partial charge >= 0.3 is 0 Å². The molecular formula is C12H13FN4O3. The maximum Gasteiger partial charge on any atom is 0.272 e. The molecule has 2 aromatic rings. The second kappa shape index (κ2) is 6.11. The van der Waals surface area contributed by atoms with E-state index in [0.29, 0.717) is 18.8 Å². The SMILES string of the molecule is COCCn1cc(Nc2ccc([N+](=O)[O-])cc2F)cn1. The third-order valence-corrected chi connectivity index (χ3v) is 2.60. The standard InChI is InChI=1S/C12H13FN4O3/c1-20-5-4-16-8-9(7-14-16)15-12-3-2-10(17(18)19)6-11(12)13/h2-3,6-8,15H,4-5H2,1H3. The lowest BCUT2D eigenvalue weighted by Crippen LogP contribution is -2.04. The Morgan fingerprint density at radius 2 is 2.35 bits per heavy atom. The summed E-state index contributed by atoms with van der Waals surface area (Å²) in [5, 5.41) is 17.4. The van der Waals surface area contributed by atoms with E-state index in [1.807, 2.05) is 0 Å². The summed E-state index contributed by atoms with van der Waals surface area (Å²) in [6.45, 7) is 1.11. The summed E-state index contributed by atoms with van der Waals surface area (Å²) in [7, 11) is 1.59. The molecule has 1 aromatic carbocycles. The second-order valence-electron chi connectivity index (χ2n) is 4.03. The smallest absolute Gasteiger partial charge is 0.272 e. The van der Waals surface area contributed by atoms with Crippen molar-refractivity contribution < 1.29 is 14.1 Å². The Labute approximate surface area is 114 Å². The van der Waals surface area contributed by atoms with Gasteiger partial charge in [-0.1, -0.05) is 0 Å². The van der Waals surface area contributed by atoms with E-state index in [1.54, 1.807) is 18.0 Å². The number of anilines is 2. The Kier molecular flexibility index (Phi) is 4.26. The monoisotopic (exact) mass is 280 g/mol. The lowest BCUT2D eigenvalue weighted by molar-refractivity contribution is -0.385. The predicted octanol–water partition coefficient (Wildman–Crippen LogP) is 2.32. The van der Waals surface area contributed by atoms with Crippen molar-refractivity contribution in [2.75, 3.05) is 19.0 Å². The molecule has 2 rings (SSSR count). The van der Waals surface area contributed by atoms with Crippen LogP contribution in [-0.2, 0) is 11.3 Å². The minimum absolute atomic E-state index is 0.155. The van der Waals surface area contributed by atoms with Crippen molar-refractivity contribution in [3.8, 4) is 0 Å². The Bertz CT molecular complexity index is 614. The highest BCUT2D eigenvalue weighted by molar-refractivity contribution is 5.60. The van der Waals surface area contributed by atoms with E-state index >= 15 is 0 Å². The predicted molar refractivity (Wildman–Crippen MR) is 70.4 cm³/mol. The number of nitro benzene ring substituents is 1. The molecule has 8 heteroatoms. The van der Waals surface area contributed by atoms with Crippen LogP contribution in [0.1, 0.15) is 0 Å². The highest BCUT2D eigenvalue weighted by Crippen LogP contribution is 2.23. The molecule has 1 aromatic heterocycles. The molecule has 7 nitrogen and oxygen atoms in total. The van der Waals surface area contributed by atoms with Gasteiger partial charge in [-0.25, -0.2) is 4.39 Å². The number of benzene rings is 1. The quantitative estimate of drug-likeness (QED) is 0.648. The molecule has 1 heterocycles. The van der Waals surface area contributed by atoms with Crippen molar-refractivity contribution in [3.05, 3.63) is 46.5 Å². The number of rotatable bonds is 6. The van der Waals surface area contributed by atoms with Gasteiger partial charge in [-0.2, -0.15) is 5.10 Å². The highest BCUT2D eigenvalue weighted by atomic mass is 19.1. The molecule has 106 valence electrons. The van der Waals surface area contributed by atoms with Crippen LogP contribution in [0.3, 0.4) is 0 Å². The first kappa shape index (κ1) is 13.9. The fourth-order valence-corrected chi connectivity index (χ4v) is 1.61.